The van der Waals surface area contributed by atoms with Crippen molar-refractivity contribution in [3.05, 3.63) is 52.9 Å². The van der Waals surface area contributed by atoms with Gasteiger partial charge in [0.25, 0.3) is 0 Å². The van der Waals surface area contributed by atoms with Crippen LogP contribution >= 0.6 is 11.6 Å². The van der Waals surface area contributed by atoms with Gasteiger partial charge >= 0.3 is 6.18 Å². The molecule has 0 aliphatic rings. The highest BCUT2D eigenvalue weighted by Gasteiger charge is 2.34. The van der Waals surface area contributed by atoms with Crippen molar-refractivity contribution < 1.29 is 22.4 Å². The van der Waals surface area contributed by atoms with Crippen molar-refractivity contribution in [3.8, 4) is 0 Å². The van der Waals surface area contributed by atoms with Gasteiger partial charge in [-0.15, -0.1) is 0 Å². The molecule has 0 radical (unpaired) electrons. The summed E-state index contributed by atoms with van der Waals surface area (Å²) in [6.07, 6.45) is -3.10. The molecule has 1 N–H and O–H groups in total. The number of nitrogens with zero attached hydrogens (tertiary/aromatic N) is 1. The van der Waals surface area contributed by atoms with Gasteiger partial charge in [-0.05, 0) is 44.3 Å². The highest BCUT2D eigenvalue weighted by molar-refractivity contribution is 6.30. The van der Waals surface area contributed by atoms with E-state index in [0.717, 1.165) is 12.1 Å². The Labute approximate surface area is 142 Å². The van der Waals surface area contributed by atoms with Crippen molar-refractivity contribution in [2.75, 3.05) is 12.4 Å². The topological polar surface area (TPSA) is 45.5 Å². The Morgan fingerprint density at radius 2 is 2.08 bits per heavy atom. The van der Waals surface area contributed by atoms with Gasteiger partial charge in [0.1, 0.15) is 5.76 Å². The maximum Gasteiger partial charge on any atom is 0.418 e. The Bertz CT molecular complexity index is 702. The molecule has 24 heavy (non-hydrogen) atoms. The van der Waals surface area contributed by atoms with E-state index in [0.29, 0.717) is 12.3 Å². The normalized spacial score (nSPS) is 13.1. The third kappa shape index (κ3) is 4.52. The van der Waals surface area contributed by atoms with E-state index >= 15 is 0 Å². The summed E-state index contributed by atoms with van der Waals surface area (Å²) in [5, 5.41) is 2.26. The maximum atomic E-state index is 13.1. The molecule has 0 spiro atoms. The van der Waals surface area contributed by atoms with Gasteiger partial charge in [-0.25, -0.2) is 0 Å². The predicted molar refractivity (Wildman–Crippen MR) is 84.7 cm³/mol. The number of anilines is 1. The first-order chi connectivity index (χ1) is 11.2. The summed E-state index contributed by atoms with van der Waals surface area (Å²) in [6.45, 7) is 1.95. The fourth-order valence-electron chi connectivity index (χ4n) is 2.08. The van der Waals surface area contributed by atoms with E-state index in [4.69, 9.17) is 16.0 Å². The lowest BCUT2D eigenvalue weighted by atomic mass is 10.1. The molecule has 8 heteroatoms. The number of carbonyl (C=O) groups is 1. The molecule has 2 aromatic rings. The number of rotatable bonds is 5. The van der Waals surface area contributed by atoms with Crippen LogP contribution in [0, 0.1) is 0 Å². The highest BCUT2D eigenvalue weighted by atomic mass is 35.5. The SMILES string of the molecule is C[C@@H](C(=O)Nc1ccc(Cl)cc1C(F)(F)F)N(C)Cc1ccco1. The quantitative estimate of drug-likeness (QED) is 0.859. The number of halogens is 4. The minimum atomic E-state index is -4.61. The smallest absolute Gasteiger partial charge is 0.418 e. The zero-order chi connectivity index (χ0) is 17.9. The molecule has 130 valence electrons. The number of carbonyl (C=O) groups excluding carboxylic acids is 1. The van der Waals surface area contributed by atoms with Crippen LogP contribution in [0.25, 0.3) is 0 Å². The molecule has 0 aliphatic heterocycles. The third-order valence-corrected chi connectivity index (χ3v) is 3.81. The molecule has 0 bridgehead atoms. The summed E-state index contributed by atoms with van der Waals surface area (Å²) in [4.78, 5) is 13.9. The fraction of sp³-hybridized carbons (Fsp3) is 0.312. The summed E-state index contributed by atoms with van der Waals surface area (Å²) in [5.74, 6) is 0.0940. The lowest BCUT2D eigenvalue weighted by Crippen LogP contribution is -2.39. The number of hydrogen-bond donors (Lipinski definition) is 1. The summed E-state index contributed by atoms with van der Waals surface area (Å²) in [7, 11) is 1.68. The van der Waals surface area contributed by atoms with Gasteiger partial charge in [-0.2, -0.15) is 13.2 Å². The van der Waals surface area contributed by atoms with E-state index in [9.17, 15) is 18.0 Å². The minimum Gasteiger partial charge on any atom is -0.468 e. The van der Waals surface area contributed by atoms with E-state index in [1.165, 1.54) is 12.3 Å². The Hall–Kier alpha value is -1.99. The van der Waals surface area contributed by atoms with Crippen molar-refractivity contribution in [2.24, 2.45) is 0 Å². The largest absolute Gasteiger partial charge is 0.468 e. The molecule has 1 aromatic heterocycles. The fourth-order valence-corrected chi connectivity index (χ4v) is 2.25. The zero-order valence-corrected chi connectivity index (χ0v) is 13.8. The van der Waals surface area contributed by atoms with Crippen molar-refractivity contribution in [2.45, 2.75) is 25.7 Å². The van der Waals surface area contributed by atoms with Gasteiger partial charge in [0.15, 0.2) is 0 Å². The molecule has 1 aromatic carbocycles. The second kappa shape index (κ2) is 7.27. The van der Waals surface area contributed by atoms with Crippen LogP contribution in [0.2, 0.25) is 5.02 Å². The van der Waals surface area contributed by atoms with Gasteiger partial charge in [0.05, 0.1) is 30.1 Å². The number of amides is 1. The van der Waals surface area contributed by atoms with Crippen LogP contribution in [0.4, 0.5) is 18.9 Å². The number of hydrogen-bond acceptors (Lipinski definition) is 3. The van der Waals surface area contributed by atoms with E-state index in [-0.39, 0.29) is 10.7 Å². The van der Waals surface area contributed by atoms with Gasteiger partial charge in [0, 0.05) is 5.02 Å². The van der Waals surface area contributed by atoms with Crippen molar-refractivity contribution >= 4 is 23.2 Å². The molecule has 4 nitrogen and oxygen atoms in total. The molecule has 0 aliphatic carbocycles. The number of furan rings is 1. The molecule has 0 saturated heterocycles. The highest BCUT2D eigenvalue weighted by Crippen LogP contribution is 2.36. The Morgan fingerprint density at radius 3 is 2.67 bits per heavy atom. The third-order valence-electron chi connectivity index (χ3n) is 3.57. The second-order valence-electron chi connectivity index (χ2n) is 5.35. The zero-order valence-electron chi connectivity index (χ0n) is 13.0. The van der Waals surface area contributed by atoms with Crippen LogP contribution in [0.15, 0.2) is 41.0 Å². The molecule has 1 atom stereocenters. The predicted octanol–water partition coefficient (Wildman–Crippen LogP) is 4.41. The van der Waals surface area contributed by atoms with Crippen LogP contribution in [-0.2, 0) is 17.5 Å². The minimum absolute atomic E-state index is 0.0525. The second-order valence-corrected chi connectivity index (χ2v) is 5.78. The Balaban J connectivity index is 2.11. The standard InChI is InChI=1S/C16H16ClF3N2O2/c1-10(22(2)9-12-4-3-7-24-12)15(23)21-14-6-5-11(17)8-13(14)16(18,19)20/h3-8,10H,9H2,1-2H3,(H,21,23)/t10-/m0/s1. The molecule has 1 amide bonds. The van der Waals surface area contributed by atoms with Crippen molar-refractivity contribution in [3.63, 3.8) is 0 Å². The van der Waals surface area contributed by atoms with E-state index in [2.05, 4.69) is 5.32 Å². The Kier molecular flexibility index (Phi) is 5.56. The van der Waals surface area contributed by atoms with Crippen molar-refractivity contribution in [1.82, 2.24) is 4.90 Å². The molecular formula is C16H16ClF3N2O2. The lowest BCUT2D eigenvalue weighted by Gasteiger charge is -2.23. The summed E-state index contributed by atoms with van der Waals surface area (Å²) in [6, 6.07) is 6.03. The first-order valence-corrected chi connectivity index (χ1v) is 7.46. The number of likely N-dealkylation sites (N-methyl/N-ethyl adjacent to an activating group) is 1. The van der Waals surface area contributed by atoms with Gasteiger partial charge in [-0.1, -0.05) is 11.6 Å². The van der Waals surface area contributed by atoms with Crippen molar-refractivity contribution in [1.29, 1.82) is 0 Å². The van der Waals surface area contributed by atoms with Gasteiger partial charge in [-0.3, -0.25) is 9.69 Å². The monoisotopic (exact) mass is 360 g/mol. The van der Waals surface area contributed by atoms with Crippen LogP contribution in [0.3, 0.4) is 0 Å². The van der Waals surface area contributed by atoms with Crippen LogP contribution in [0.1, 0.15) is 18.2 Å². The number of nitrogens with one attached hydrogen (secondary N) is 1. The van der Waals surface area contributed by atoms with Gasteiger partial charge < -0.3 is 9.73 Å². The molecule has 1 heterocycles. The van der Waals surface area contributed by atoms with E-state index < -0.39 is 23.7 Å². The molecule has 0 saturated carbocycles. The maximum absolute atomic E-state index is 13.1. The molecule has 0 unspecified atom stereocenters. The average molecular weight is 361 g/mol. The van der Waals surface area contributed by atoms with Crippen LogP contribution in [-0.4, -0.2) is 23.9 Å². The van der Waals surface area contributed by atoms with Crippen LogP contribution < -0.4 is 5.32 Å². The van der Waals surface area contributed by atoms with Crippen LogP contribution in [0.5, 0.6) is 0 Å². The number of benzene rings is 1. The van der Waals surface area contributed by atoms with Gasteiger partial charge in [0.2, 0.25) is 5.91 Å². The van der Waals surface area contributed by atoms with E-state index in [1.807, 2.05) is 0 Å². The van der Waals surface area contributed by atoms with E-state index in [1.54, 1.807) is 31.0 Å². The average Bonchev–Trinajstić information content (AvgIpc) is 3.00. The lowest BCUT2D eigenvalue weighted by molar-refractivity contribution is -0.137. The Morgan fingerprint density at radius 1 is 1.38 bits per heavy atom. The first kappa shape index (κ1) is 18.4. The summed E-state index contributed by atoms with van der Waals surface area (Å²) in [5.41, 5.74) is -1.31. The molecular weight excluding hydrogens is 345 g/mol. The molecule has 2 rings (SSSR count). The summed E-state index contributed by atoms with van der Waals surface area (Å²) >= 11 is 5.62. The summed E-state index contributed by atoms with van der Waals surface area (Å²) < 4.78 is 44.4. The number of alkyl halides is 3. The first-order valence-electron chi connectivity index (χ1n) is 7.08. The molecule has 0 fully saturated rings.